The molecular weight excluding hydrogens is 429 g/mol. The van der Waals surface area contributed by atoms with E-state index in [1.54, 1.807) is 43.3 Å². The molecule has 7 nitrogen and oxygen atoms in total. The monoisotopic (exact) mass is 446 g/mol. The number of hydrogen-bond donors (Lipinski definition) is 0. The third kappa shape index (κ3) is 4.36. The molecule has 0 radical (unpaired) electrons. The SMILES string of the molecule is CN(Cc1cnn(C)c1)C(=O)c1nc(-c2cccs2)n(-c2cccc(C(F)(F)F)c2)n1. The Morgan fingerprint density at radius 3 is 2.68 bits per heavy atom. The van der Waals surface area contributed by atoms with Crippen molar-refractivity contribution in [3.63, 3.8) is 0 Å². The molecule has 0 unspecified atom stereocenters. The highest BCUT2D eigenvalue weighted by Crippen LogP contribution is 2.32. The number of hydrogen-bond acceptors (Lipinski definition) is 5. The fraction of sp³-hybridized carbons (Fsp3) is 0.200. The third-order valence-electron chi connectivity index (χ3n) is 4.48. The van der Waals surface area contributed by atoms with Gasteiger partial charge >= 0.3 is 6.18 Å². The first kappa shape index (κ1) is 20.8. The highest BCUT2D eigenvalue weighted by atomic mass is 32.1. The number of alkyl halides is 3. The van der Waals surface area contributed by atoms with E-state index in [-0.39, 0.29) is 11.5 Å². The fourth-order valence-electron chi connectivity index (χ4n) is 3.03. The van der Waals surface area contributed by atoms with Crippen molar-refractivity contribution in [2.75, 3.05) is 7.05 Å². The Hall–Kier alpha value is -3.47. The minimum absolute atomic E-state index is 0.104. The summed E-state index contributed by atoms with van der Waals surface area (Å²) in [5.74, 6) is -0.257. The summed E-state index contributed by atoms with van der Waals surface area (Å²) in [7, 11) is 3.38. The van der Waals surface area contributed by atoms with Gasteiger partial charge in [-0.15, -0.1) is 16.4 Å². The Morgan fingerprint density at radius 1 is 1.23 bits per heavy atom. The molecule has 0 atom stereocenters. The van der Waals surface area contributed by atoms with Crippen LogP contribution >= 0.6 is 11.3 Å². The lowest BCUT2D eigenvalue weighted by atomic mass is 10.2. The van der Waals surface area contributed by atoms with Crippen molar-refractivity contribution in [3.8, 4) is 16.4 Å². The van der Waals surface area contributed by atoms with Crippen LogP contribution in [0.25, 0.3) is 16.4 Å². The first-order valence-corrected chi connectivity index (χ1v) is 10.0. The summed E-state index contributed by atoms with van der Waals surface area (Å²) in [5, 5.41) is 10.2. The third-order valence-corrected chi connectivity index (χ3v) is 5.35. The van der Waals surface area contributed by atoms with Crippen LogP contribution in [0.1, 0.15) is 21.7 Å². The Bertz CT molecular complexity index is 1210. The number of halogens is 3. The molecule has 0 saturated carbocycles. The molecule has 11 heteroatoms. The van der Waals surface area contributed by atoms with Crippen LogP contribution in [-0.4, -0.2) is 42.4 Å². The summed E-state index contributed by atoms with van der Waals surface area (Å²) in [4.78, 5) is 19.4. The lowest BCUT2D eigenvalue weighted by molar-refractivity contribution is -0.137. The molecule has 4 aromatic rings. The highest BCUT2D eigenvalue weighted by molar-refractivity contribution is 7.13. The number of thiophene rings is 1. The molecule has 0 aliphatic carbocycles. The molecule has 0 fully saturated rings. The van der Waals surface area contributed by atoms with Gasteiger partial charge < -0.3 is 4.90 Å². The average Bonchev–Trinajstić information content (AvgIpc) is 3.47. The van der Waals surface area contributed by atoms with Gasteiger partial charge in [0, 0.05) is 32.4 Å². The van der Waals surface area contributed by atoms with E-state index in [0.29, 0.717) is 17.2 Å². The molecule has 1 amide bonds. The number of amides is 1. The van der Waals surface area contributed by atoms with Gasteiger partial charge in [0.1, 0.15) is 0 Å². The zero-order valence-electron chi connectivity index (χ0n) is 16.5. The Morgan fingerprint density at radius 2 is 2.03 bits per heavy atom. The van der Waals surface area contributed by atoms with Crippen molar-refractivity contribution in [1.82, 2.24) is 29.4 Å². The predicted molar refractivity (Wildman–Crippen MR) is 109 cm³/mol. The van der Waals surface area contributed by atoms with Gasteiger partial charge in [-0.2, -0.15) is 18.3 Å². The van der Waals surface area contributed by atoms with E-state index in [1.807, 2.05) is 5.38 Å². The predicted octanol–water partition coefficient (Wildman–Crippen LogP) is 4.02. The van der Waals surface area contributed by atoms with E-state index in [9.17, 15) is 18.0 Å². The van der Waals surface area contributed by atoms with Crippen molar-refractivity contribution in [1.29, 1.82) is 0 Å². The van der Waals surface area contributed by atoms with Crippen molar-refractivity contribution in [2.24, 2.45) is 7.05 Å². The first-order valence-electron chi connectivity index (χ1n) is 9.14. The topological polar surface area (TPSA) is 68.8 Å². The average molecular weight is 446 g/mol. The van der Waals surface area contributed by atoms with Crippen molar-refractivity contribution in [3.05, 3.63) is 71.1 Å². The number of nitrogens with zero attached hydrogens (tertiary/aromatic N) is 6. The maximum atomic E-state index is 13.2. The van der Waals surface area contributed by atoms with E-state index in [4.69, 9.17) is 0 Å². The Labute approximate surface area is 179 Å². The van der Waals surface area contributed by atoms with Gasteiger partial charge in [-0.25, -0.2) is 9.67 Å². The Balaban J connectivity index is 1.72. The maximum Gasteiger partial charge on any atom is 0.416 e. The second kappa shape index (κ2) is 7.99. The fourth-order valence-corrected chi connectivity index (χ4v) is 3.73. The first-order chi connectivity index (χ1) is 14.7. The standard InChI is InChI=1S/C20H17F3N6OS/c1-27(11-13-10-24-28(2)12-13)19(30)17-25-18(16-7-4-8-31-16)29(26-17)15-6-3-5-14(9-15)20(21,22)23/h3-10,12H,11H2,1-2H3. The number of aromatic nitrogens is 5. The van der Waals surface area contributed by atoms with E-state index >= 15 is 0 Å². The van der Waals surface area contributed by atoms with Gasteiger partial charge in [0.05, 0.1) is 22.3 Å². The van der Waals surface area contributed by atoms with Crippen LogP contribution in [0.4, 0.5) is 13.2 Å². The van der Waals surface area contributed by atoms with E-state index < -0.39 is 17.6 Å². The zero-order valence-corrected chi connectivity index (χ0v) is 17.4. The maximum absolute atomic E-state index is 13.2. The van der Waals surface area contributed by atoms with E-state index in [0.717, 1.165) is 17.7 Å². The summed E-state index contributed by atoms with van der Waals surface area (Å²) in [5.41, 5.74) is 0.188. The number of aryl methyl sites for hydroxylation is 1. The summed E-state index contributed by atoms with van der Waals surface area (Å²) < 4.78 is 42.5. The summed E-state index contributed by atoms with van der Waals surface area (Å²) in [6, 6.07) is 8.33. The van der Waals surface area contributed by atoms with Gasteiger partial charge in [-0.05, 0) is 29.6 Å². The molecule has 31 heavy (non-hydrogen) atoms. The molecule has 1 aromatic carbocycles. The second-order valence-corrected chi connectivity index (χ2v) is 7.83. The minimum atomic E-state index is -4.50. The number of carbonyl (C=O) groups excluding carboxylic acids is 1. The van der Waals surface area contributed by atoms with Crippen molar-refractivity contribution >= 4 is 17.2 Å². The lowest BCUT2D eigenvalue weighted by Gasteiger charge is -2.13. The van der Waals surface area contributed by atoms with Gasteiger partial charge in [0.15, 0.2) is 5.82 Å². The van der Waals surface area contributed by atoms with Crippen LogP contribution < -0.4 is 0 Å². The van der Waals surface area contributed by atoms with Gasteiger partial charge in [0.25, 0.3) is 5.91 Å². The number of carbonyl (C=O) groups is 1. The van der Waals surface area contributed by atoms with Gasteiger partial charge in [-0.3, -0.25) is 9.48 Å². The Kier molecular flexibility index (Phi) is 5.36. The second-order valence-electron chi connectivity index (χ2n) is 6.88. The van der Waals surface area contributed by atoms with Gasteiger partial charge in [0.2, 0.25) is 5.82 Å². The molecule has 4 rings (SSSR count). The van der Waals surface area contributed by atoms with Crippen LogP contribution in [0.2, 0.25) is 0 Å². The summed E-state index contributed by atoms with van der Waals surface area (Å²) in [6.07, 6.45) is -1.06. The normalized spacial score (nSPS) is 11.6. The molecule has 0 spiro atoms. The largest absolute Gasteiger partial charge is 0.416 e. The zero-order chi connectivity index (χ0) is 22.2. The van der Waals surface area contributed by atoms with Gasteiger partial charge in [-0.1, -0.05) is 12.1 Å². The van der Waals surface area contributed by atoms with Crippen LogP contribution in [0.3, 0.4) is 0 Å². The van der Waals surface area contributed by atoms with Crippen LogP contribution in [0, 0.1) is 0 Å². The van der Waals surface area contributed by atoms with E-state index in [2.05, 4.69) is 15.2 Å². The molecule has 3 heterocycles. The molecule has 0 saturated heterocycles. The summed E-state index contributed by atoms with van der Waals surface area (Å²) >= 11 is 1.35. The number of rotatable bonds is 5. The molecule has 0 aliphatic heterocycles. The molecule has 0 aliphatic rings. The lowest BCUT2D eigenvalue weighted by Crippen LogP contribution is -2.27. The minimum Gasteiger partial charge on any atom is -0.334 e. The molecule has 0 bridgehead atoms. The molecule has 3 aromatic heterocycles. The van der Waals surface area contributed by atoms with Crippen LogP contribution in [-0.2, 0) is 19.8 Å². The summed E-state index contributed by atoms with van der Waals surface area (Å²) in [6.45, 7) is 0.291. The molecular formula is C20H17F3N6OS. The van der Waals surface area contributed by atoms with Crippen molar-refractivity contribution < 1.29 is 18.0 Å². The van der Waals surface area contributed by atoms with Crippen molar-refractivity contribution in [2.45, 2.75) is 12.7 Å². The van der Waals surface area contributed by atoms with Crippen LogP contribution in [0.5, 0.6) is 0 Å². The van der Waals surface area contributed by atoms with Crippen LogP contribution in [0.15, 0.2) is 54.2 Å². The molecule has 0 N–H and O–H groups in total. The number of benzene rings is 1. The molecule has 160 valence electrons. The highest BCUT2D eigenvalue weighted by Gasteiger charge is 2.31. The quantitative estimate of drug-likeness (QED) is 0.464. The smallest absolute Gasteiger partial charge is 0.334 e. The van der Waals surface area contributed by atoms with E-state index in [1.165, 1.54) is 33.1 Å².